The van der Waals surface area contributed by atoms with E-state index in [-0.39, 0.29) is 12.5 Å². The monoisotopic (exact) mass is 273 g/mol. The van der Waals surface area contributed by atoms with E-state index in [0.717, 1.165) is 5.69 Å². The van der Waals surface area contributed by atoms with Crippen LogP contribution < -0.4 is 14.8 Å². The summed E-state index contributed by atoms with van der Waals surface area (Å²) in [7, 11) is 0. The molecule has 2 aromatic rings. The molecule has 0 saturated heterocycles. The average molecular weight is 273 g/mol. The molecule has 1 aromatic carbocycles. The van der Waals surface area contributed by atoms with Gasteiger partial charge in [0.25, 0.3) is 5.69 Å². The second-order valence-corrected chi connectivity index (χ2v) is 4.15. The number of aromatic nitrogens is 1. The van der Waals surface area contributed by atoms with E-state index in [1.807, 2.05) is 18.2 Å². The van der Waals surface area contributed by atoms with Crippen molar-refractivity contribution in [3.8, 4) is 11.5 Å². The van der Waals surface area contributed by atoms with Gasteiger partial charge in [0.2, 0.25) is 6.79 Å². The Morgan fingerprint density at radius 1 is 1.30 bits per heavy atom. The first-order valence-electron chi connectivity index (χ1n) is 5.96. The third-order valence-electron chi connectivity index (χ3n) is 2.87. The molecule has 3 rings (SSSR count). The Balaban J connectivity index is 1.86. The molecule has 0 unspecified atom stereocenters. The predicted octanol–water partition coefficient (Wildman–Crippen LogP) is 2.33. The molecule has 0 spiro atoms. The number of rotatable bonds is 4. The number of ether oxygens (including phenoxy) is 2. The summed E-state index contributed by atoms with van der Waals surface area (Å²) in [6.07, 6.45) is 1.67. The number of hydrogen-bond donors (Lipinski definition) is 1. The zero-order valence-corrected chi connectivity index (χ0v) is 10.4. The average Bonchev–Trinajstić information content (AvgIpc) is 2.92. The van der Waals surface area contributed by atoms with E-state index in [1.54, 1.807) is 12.3 Å². The maximum atomic E-state index is 11.1. The third-order valence-corrected chi connectivity index (χ3v) is 2.87. The van der Waals surface area contributed by atoms with Gasteiger partial charge in [-0.3, -0.25) is 15.1 Å². The molecule has 0 radical (unpaired) electrons. The topological polar surface area (TPSA) is 86.5 Å². The molecular formula is C13H11N3O4. The summed E-state index contributed by atoms with van der Waals surface area (Å²) in [5.41, 5.74) is 1.12. The van der Waals surface area contributed by atoms with E-state index >= 15 is 0 Å². The SMILES string of the molecule is O=[N+]([O-])c1cc2c(cc1NCc1ccccn1)OCO2. The summed E-state index contributed by atoms with van der Waals surface area (Å²) < 4.78 is 10.4. The van der Waals surface area contributed by atoms with Gasteiger partial charge < -0.3 is 14.8 Å². The molecule has 1 aliphatic rings. The fraction of sp³-hybridized carbons (Fsp3) is 0.154. The molecule has 0 fully saturated rings. The second-order valence-electron chi connectivity index (χ2n) is 4.15. The summed E-state index contributed by atoms with van der Waals surface area (Å²) in [6, 6.07) is 8.45. The molecule has 0 bridgehead atoms. The number of nitro groups is 1. The number of nitrogens with one attached hydrogen (secondary N) is 1. The standard InChI is InChI=1S/C13H11N3O4/c17-16(18)11-6-13-12(19-8-20-13)5-10(11)15-7-9-3-1-2-4-14-9/h1-6,15H,7-8H2. The van der Waals surface area contributed by atoms with Crippen LogP contribution in [0, 0.1) is 10.1 Å². The van der Waals surface area contributed by atoms with Gasteiger partial charge in [0, 0.05) is 12.3 Å². The minimum atomic E-state index is -0.456. The van der Waals surface area contributed by atoms with E-state index in [1.165, 1.54) is 6.07 Å². The van der Waals surface area contributed by atoms with Crippen LogP contribution in [0.3, 0.4) is 0 Å². The number of pyridine rings is 1. The van der Waals surface area contributed by atoms with Crippen molar-refractivity contribution in [2.75, 3.05) is 12.1 Å². The normalized spacial score (nSPS) is 12.2. The Kier molecular flexibility index (Phi) is 3.08. The number of fused-ring (bicyclic) bond motifs is 1. The molecule has 0 amide bonds. The van der Waals surface area contributed by atoms with E-state index < -0.39 is 4.92 Å². The Labute approximate surface area is 114 Å². The molecule has 7 heteroatoms. The van der Waals surface area contributed by atoms with Crippen LogP contribution in [0.4, 0.5) is 11.4 Å². The minimum absolute atomic E-state index is 0.0508. The van der Waals surface area contributed by atoms with Gasteiger partial charge in [0.1, 0.15) is 5.69 Å². The molecule has 20 heavy (non-hydrogen) atoms. The highest BCUT2D eigenvalue weighted by Crippen LogP contribution is 2.40. The van der Waals surface area contributed by atoms with E-state index in [9.17, 15) is 10.1 Å². The van der Waals surface area contributed by atoms with Gasteiger partial charge in [0.05, 0.1) is 23.2 Å². The highest BCUT2D eigenvalue weighted by Gasteiger charge is 2.23. The Morgan fingerprint density at radius 2 is 2.10 bits per heavy atom. The Hall–Kier alpha value is -2.83. The first-order valence-corrected chi connectivity index (χ1v) is 5.96. The lowest BCUT2D eigenvalue weighted by Gasteiger charge is -2.07. The lowest BCUT2D eigenvalue weighted by atomic mass is 10.2. The largest absolute Gasteiger partial charge is 0.454 e. The smallest absolute Gasteiger partial charge is 0.296 e. The Bertz CT molecular complexity index is 646. The van der Waals surface area contributed by atoms with Gasteiger partial charge >= 0.3 is 0 Å². The molecular weight excluding hydrogens is 262 g/mol. The van der Waals surface area contributed by atoms with Crippen molar-refractivity contribution in [2.45, 2.75) is 6.54 Å². The van der Waals surface area contributed by atoms with Crippen LogP contribution in [0.1, 0.15) is 5.69 Å². The fourth-order valence-corrected chi connectivity index (χ4v) is 1.91. The molecule has 1 aromatic heterocycles. The summed E-state index contributed by atoms with van der Waals surface area (Å²) >= 11 is 0. The van der Waals surface area contributed by atoms with E-state index in [2.05, 4.69) is 10.3 Å². The van der Waals surface area contributed by atoms with Gasteiger partial charge in [-0.1, -0.05) is 6.07 Å². The molecule has 0 atom stereocenters. The van der Waals surface area contributed by atoms with Crippen molar-refractivity contribution in [3.05, 3.63) is 52.3 Å². The number of nitrogens with zero attached hydrogens (tertiary/aromatic N) is 2. The van der Waals surface area contributed by atoms with Crippen molar-refractivity contribution in [3.63, 3.8) is 0 Å². The summed E-state index contributed by atoms with van der Waals surface area (Å²) in [5, 5.41) is 14.1. The van der Waals surface area contributed by atoms with Crippen LogP contribution in [0.5, 0.6) is 11.5 Å². The van der Waals surface area contributed by atoms with Crippen LogP contribution in [-0.4, -0.2) is 16.7 Å². The van der Waals surface area contributed by atoms with Crippen LogP contribution in [0.15, 0.2) is 36.5 Å². The first-order chi connectivity index (χ1) is 9.74. The summed E-state index contributed by atoms with van der Waals surface area (Å²) in [6.45, 7) is 0.470. The number of nitro benzene ring substituents is 1. The van der Waals surface area contributed by atoms with Crippen molar-refractivity contribution in [2.24, 2.45) is 0 Å². The maximum absolute atomic E-state index is 11.1. The zero-order chi connectivity index (χ0) is 13.9. The van der Waals surface area contributed by atoms with Crippen LogP contribution in [-0.2, 0) is 6.54 Å². The molecule has 1 N–H and O–H groups in total. The van der Waals surface area contributed by atoms with Crippen molar-refractivity contribution in [1.29, 1.82) is 0 Å². The Morgan fingerprint density at radius 3 is 2.80 bits per heavy atom. The summed E-state index contributed by atoms with van der Waals surface area (Å²) in [5.74, 6) is 0.888. The quantitative estimate of drug-likeness (QED) is 0.679. The van der Waals surface area contributed by atoms with Crippen molar-refractivity contribution < 1.29 is 14.4 Å². The van der Waals surface area contributed by atoms with Crippen molar-refractivity contribution in [1.82, 2.24) is 4.98 Å². The second kappa shape index (κ2) is 5.04. The number of hydrogen-bond acceptors (Lipinski definition) is 6. The molecule has 1 aliphatic heterocycles. The predicted molar refractivity (Wildman–Crippen MR) is 70.8 cm³/mol. The van der Waals surface area contributed by atoms with Gasteiger partial charge in [-0.15, -0.1) is 0 Å². The highest BCUT2D eigenvalue weighted by atomic mass is 16.7. The fourth-order valence-electron chi connectivity index (χ4n) is 1.91. The maximum Gasteiger partial charge on any atom is 0.296 e. The van der Waals surface area contributed by atoms with Gasteiger partial charge in [-0.25, -0.2) is 0 Å². The van der Waals surface area contributed by atoms with Gasteiger partial charge in [-0.2, -0.15) is 0 Å². The van der Waals surface area contributed by atoms with E-state index in [0.29, 0.717) is 23.7 Å². The van der Waals surface area contributed by atoms with Crippen LogP contribution in [0.2, 0.25) is 0 Å². The molecule has 0 aliphatic carbocycles. The lowest BCUT2D eigenvalue weighted by Crippen LogP contribution is -2.04. The van der Waals surface area contributed by atoms with Gasteiger partial charge in [0.15, 0.2) is 11.5 Å². The molecule has 2 heterocycles. The molecule has 102 valence electrons. The highest BCUT2D eigenvalue weighted by molar-refractivity contribution is 5.68. The number of anilines is 1. The number of benzene rings is 1. The minimum Gasteiger partial charge on any atom is -0.454 e. The third kappa shape index (κ3) is 2.33. The first kappa shape index (κ1) is 12.2. The van der Waals surface area contributed by atoms with Crippen LogP contribution in [0.25, 0.3) is 0 Å². The summed E-state index contributed by atoms with van der Waals surface area (Å²) in [4.78, 5) is 14.8. The zero-order valence-electron chi connectivity index (χ0n) is 10.4. The van der Waals surface area contributed by atoms with Crippen molar-refractivity contribution >= 4 is 11.4 Å². The molecule has 7 nitrogen and oxygen atoms in total. The van der Waals surface area contributed by atoms with Gasteiger partial charge in [-0.05, 0) is 12.1 Å². The molecule has 0 saturated carbocycles. The van der Waals surface area contributed by atoms with E-state index in [4.69, 9.17) is 9.47 Å². The van der Waals surface area contributed by atoms with Crippen LogP contribution >= 0.6 is 0 Å². The lowest BCUT2D eigenvalue weighted by molar-refractivity contribution is -0.384.